The number of carbonyl (C=O) groups is 3. The Balaban J connectivity index is 3.94. The number of nitrogens with one attached hydrogen (secondary N) is 1. The molecular formula is C21H40N2O3. The van der Waals surface area contributed by atoms with E-state index in [0.717, 1.165) is 12.8 Å². The topological polar surface area (TPSA) is 89.3 Å². The Morgan fingerprint density at radius 2 is 1.19 bits per heavy atom. The van der Waals surface area contributed by atoms with Crippen LogP contribution in [0.25, 0.3) is 0 Å². The minimum Gasteiger partial charge on any atom is -0.300 e. The third kappa shape index (κ3) is 13.2. The summed E-state index contributed by atoms with van der Waals surface area (Å²) >= 11 is 0. The number of Topliss-reactive ketones (excluding diaryl/α,β-unsaturated/α-hetero) is 3. The highest BCUT2D eigenvalue weighted by Gasteiger charge is 2.23. The van der Waals surface area contributed by atoms with Gasteiger partial charge >= 0.3 is 0 Å². The molecule has 0 radical (unpaired) electrons. The largest absolute Gasteiger partial charge is 0.300 e. The van der Waals surface area contributed by atoms with Gasteiger partial charge in [0.2, 0.25) is 0 Å². The van der Waals surface area contributed by atoms with Crippen molar-refractivity contribution in [2.45, 2.75) is 105 Å². The summed E-state index contributed by atoms with van der Waals surface area (Å²) in [5, 5.41) is 0. The van der Waals surface area contributed by atoms with Gasteiger partial charge in [-0.2, -0.15) is 0 Å². The summed E-state index contributed by atoms with van der Waals surface area (Å²) in [6.07, 6.45) is 4.58. The van der Waals surface area contributed by atoms with E-state index >= 15 is 0 Å². The van der Waals surface area contributed by atoms with Crippen LogP contribution in [0.4, 0.5) is 0 Å². The molecule has 0 heterocycles. The summed E-state index contributed by atoms with van der Waals surface area (Å²) in [5.74, 6) is 5.78. The van der Waals surface area contributed by atoms with E-state index in [1.807, 2.05) is 0 Å². The zero-order chi connectivity index (χ0) is 20.4. The lowest BCUT2D eigenvalue weighted by molar-refractivity contribution is -0.126. The Kier molecular flexibility index (Phi) is 11.1. The maximum Gasteiger partial charge on any atom is 0.133 e. The normalized spacial score (nSPS) is 13.5. The average Bonchev–Trinajstić information content (AvgIpc) is 2.48. The van der Waals surface area contributed by atoms with Gasteiger partial charge in [-0.05, 0) is 30.1 Å². The Bertz CT molecular complexity index is 459. The maximum atomic E-state index is 12.0. The molecule has 0 amide bonds. The van der Waals surface area contributed by atoms with Gasteiger partial charge in [-0.3, -0.25) is 25.7 Å². The minimum absolute atomic E-state index is 0.00634. The van der Waals surface area contributed by atoms with Crippen LogP contribution in [-0.4, -0.2) is 23.4 Å². The highest BCUT2D eigenvalue weighted by Crippen LogP contribution is 2.23. The molecule has 0 fully saturated rings. The molecule has 26 heavy (non-hydrogen) atoms. The van der Waals surface area contributed by atoms with Crippen LogP contribution in [-0.2, 0) is 14.4 Å². The van der Waals surface area contributed by atoms with Crippen molar-refractivity contribution in [2.24, 2.45) is 16.7 Å². The monoisotopic (exact) mass is 368 g/mol. The lowest BCUT2D eigenvalue weighted by Gasteiger charge is -2.29. The molecule has 3 N–H and O–H groups in total. The van der Waals surface area contributed by atoms with E-state index in [9.17, 15) is 14.4 Å². The van der Waals surface area contributed by atoms with Crippen LogP contribution in [0.3, 0.4) is 0 Å². The predicted octanol–water partition coefficient (Wildman–Crippen LogP) is 4.13. The van der Waals surface area contributed by atoms with Crippen LogP contribution in [0.2, 0.25) is 0 Å². The van der Waals surface area contributed by atoms with Crippen LogP contribution < -0.4 is 11.3 Å². The standard InChI is InChI=1S/C21H40N2O3/c1-20(2,3)15-7-8-16(24)9-10-17(25)11-12-18(26)13-14-19(23-22)21(4,5)6/h19,23H,7-15,22H2,1-6H3. The zero-order valence-electron chi connectivity index (χ0n) is 17.7. The quantitative estimate of drug-likeness (QED) is 0.377. The van der Waals surface area contributed by atoms with Crippen molar-refractivity contribution >= 4 is 17.3 Å². The van der Waals surface area contributed by atoms with Gasteiger partial charge in [0.15, 0.2) is 0 Å². The molecule has 0 aromatic heterocycles. The van der Waals surface area contributed by atoms with Crippen LogP contribution in [0.1, 0.15) is 99.3 Å². The van der Waals surface area contributed by atoms with Crippen molar-refractivity contribution in [3.63, 3.8) is 0 Å². The molecule has 0 aromatic carbocycles. The average molecular weight is 369 g/mol. The third-order valence-electron chi connectivity index (χ3n) is 4.71. The second-order valence-electron chi connectivity index (χ2n) is 9.65. The molecule has 0 spiro atoms. The highest BCUT2D eigenvalue weighted by atomic mass is 16.1. The molecule has 5 heteroatoms. The van der Waals surface area contributed by atoms with Gasteiger partial charge in [0.05, 0.1) is 0 Å². The second kappa shape index (κ2) is 11.6. The fraction of sp³-hybridized carbons (Fsp3) is 0.857. The lowest BCUT2D eigenvalue weighted by atomic mass is 9.84. The van der Waals surface area contributed by atoms with Gasteiger partial charge in [0.1, 0.15) is 17.3 Å². The summed E-state index contributed by atoms with van der Waals surface area (Å²) in [5.41, 5.74) is 2.99. The molecule has 1 unspecified atom stereocenters. The smallest absolute Gasteiger partial charge is 0.133 e. The first kappa shape index (κ1) is 24.9. The molecule has 0 saturated carbocycles. The van der Waals surface area contributed by atoms with Crippen LogP contribution >= 0.6 is 0 Å². The fourth-order valence-electron chi connectivity index (χ4n) is 2.82. The molecule has 0 rings (SSSR count). The number of hydrogen-bond donors (Lipinski definition) is 2. The summed E-state index contributed by atoms with van der Waals surface area (Å²) in [7, 11) is 0. The number of nitrogens with two attached hydrogens (primary N) is 1. The van der Waals surface area contributed by atoms with Gasteiger partial charge in [-0.1, -0.05) is 41.5 Å². The van der Waals surface area contributed by atoms with Gasteiger partial charge in [0, 0.05) is 44.6 Å². The minimum atomic E-state index is -0.0157. The highest BCUT2D eigenvalue weighted by molar-refractivity contribution is 5.89. The van der Waals surface area contributed by atoms with E-state index in [-0.39, 0.29) is 53.5 Å². The number of rotatable bonds is 13. The number of ketones is 3. The number of hydrogen-bond acceptors (Lipinski definition) is 5. The molecule has 0 aliphatic heterocycles. The third-order valence-corrected chi connectivity index (χ3v) is 4.71. The summed E-state index contributed by atoms with van der Waals surface area (Å²) < 4.78 is 0. The molecule has 0 saturated heterocycles. The zero-order valence-corrected chi connectivity index (χ0v) is 17.7. The number of carbonyl (C=O) groups excluding carboxylic acids is 3. The Labute approximate surface area is 159 Å². The molecule has 1 atom stereocenters. The van der Waals surface area contributed by atoms with E-state index in [4.69, 9.17) is 5.84 Å². The molecule has 5 nitrogen and oxygen atoms in total. The van der Waals surface area contributed by atoms with E-state index in [1.165, 1.54) is 0 Å². The van der Waals surface area contributed by atoms with E-state index in [0.29, 0.717) is 25.7 Å². The van der Waals surface area contributed by atoms with Crippen LogP contribution in [0, 0.1) is 10.8 Å². The van der Waals surface area contributed by atoms with Crippen LogP contribution in [0.5, 0.6) is 0 Å². The fourth-order valence-corrected chi connectivity index (χ4v) is 2.82. The van der Waals surface area contributed by atoms with E-state index in [1.54, 1.807) is 0 Å². The molecule has 0 aromatic rings. The van der Waals surface area contributed by atoms with Crippen molar-refractivity contribution < 1.29 is 14.4 Å². The molecule has 0 aliphatic carbocycles. The van der Waals surface area contributed by atoms with Crippen molar-refractivity contribution in [3.05, 3.63) is 0 Å². The summed E-state index contributed by atoms with van der Waals surface area (Å²) in [4.78, 5) is 35.7. The van der Waals surface area contributed by atoms with Crippen molar-refractivity contribution in [3.8, 4) is 0 Å². The van der Waals surface area contributed by atoms with Crippen molar-refractivity contribution in [2.75, 3.05) is 0 Å². The Hall–Kier alpha value is -1.07. The van der Waals surface area contributed by atoms with Crippen molar-refractivity contribution in [1.82, 2.24) is 5.43 Å². The first-order valence-electron chi connectivity index (χ1n) is 9.86. The lowest BCUT2D eigenvalue weighted by Crippen LogP contribution is -2.44. The van der Waals surface area contributed by atoms with E-state index in [2.05, 4.69) is 47.0 Å². The van der Waals surface area contributed by atoms with Crippen molar-refractivity contribution in [1.29, 1.82) is 0 Å². The van der Waals surface area contributed by atoms with Gasteiger partial charge in [0.25, 0.3) is 0 Å². The van der Waals surface area contributed by atoms with Gasteiger partial charge in [-0.15, -0.1) is 0 Å². The molecule has 152 valence electrons. The predicted molar refractivity (Wildman–Crippen MR) is 107 cm³/mol. The van der Waals surface area contributed by atoms with Gasteiger partial charge in [-0.25, -0.2) is 0 Å². The Morgan fingerprint density at radius 1 is 0.769 bits per heavy atom. The Morgan fingerprint density at radius 3 is 1.58 bits per heavy atom. The molecular weight excluding hydrogens is 328 g/mol. The molecule has 0 aliphatic rings. The SMILES string of the molecule is CC(C)(C)CCCC(=O)CCC(=O)CCC(=O)CCC(NN)C(C)(C)C. The second-order valence-corrected chi connectivity index (χ2v) is 9.65. The van der Waals surface area contributed by atoms with Gasteiger partial charge < -0.3 is 0 Å². The first-order chi connectivity index (χ1) is 11.8. The summed E-state index contributed by atoms with van der Waals surface area (Å²) in [6, 6.07) is 0.0628. The summed E-state index contributed by atoms with van der Waals surface area (Å²) in [6.45, 7) is 12.7. The first-order valence-corrected chi connectivity index (χ1v) is 9.86. The number of hydrazine groups is 1. The van der Waals surface area contributed by atoms with E-state index < -0.39 is 0 Å². The maximum absolute atomic E-state index is 12.0. The van der Waals surface area contributed by atoms with Crippen LogP contribution in [0.15, 0.2) is 0 Å². The molecule has 0 bridgehead atoms.